The largest absolute Gasteiger partial charge is 0.461 e. The molecule has 0 radical (unpaired) electrons. The highest BCUT2D eigenvalue weighted by atomic mass is 31.2. The highest BCUT2D eigenvalue weighted by molar-refractivity contribution is 7.53. The summed E-state index contributed by atoms with van der Waals surface area (Å²) in [4.78, 5) is 24.4. The SMILES string of the molecule is C=CCOC(=O)CCC(CP(=O)(OCC)OCC)C(=O)OCc1ccccc1. The first kappa shape index (κ1) is 24.1. The summed E-state index contributed by atoms with van der Waals surface area (Å²) >= 11 is 0. The van der Waals surface area contributed by atoms with Gasteiger partial charge >= 0.3 is 19.5 Å². The minimum Gasteiger partial charge on any atom is -0.461 e. The number of carbonyl (C=O) groups excluding carboxylic acids is 2. The van der Waals surface area contributed by atoms with Crippen molar-refractivity contribution in [2.75, 3.05) is 26.0 Å². The second-order valence-electron chi connectivity index (χ2n) is 5.93. The van der Waals surface area contributed by atoms with Crippen LogP contribution in [0.4, 0.5) is 0 Å². The van der Waals surface area contributed by atoms with Crippen LogP contribution in [0.5, 0.6) is 0 Å². The van der Waals surface area contributed by atoms with Gasteiger partial charge in [-0.1, -0.05) is 43.0 Å². The minimum atomic E-state index is -3.48. The molecule has 0 N–H and O–H groups in total. The Hall–Kier alpha value is -1.95. The van der Waals surface area contributed by atoms with Crippen LogP contribution in [-0.2, 0) is 39.3 Å². The normalized spacial score (nSPS) is 12.2. The van der Waals surface area contributed by atoms with Crippen LogP contribution < -0.4 is 0 Å². The molecule has 1 atom stereocenters. The quantitative estimate of drug-likeness (QED) is 0.258. The van der Waals surface area contributed by atoms with E-state index in [-0.39, 0.29) is 45.4 Å². The van der Waals surface area contributed by atoms with Crippen molar-refractivity contribution in [3.63, 3.8) is 0 Å². The van der Waals surface area contributed by atoms with Crippen molar-refractivity contribution < 1.29 is 32.7 Å². The summed E-state index contributed by atoms with van der Waals surface area (Å²) < 4.78 is 33.7. The molecule has 0 fully saturated rings. The maximum absolute atomic E-state index is 12.8. The van der Waals surface area contributed by atoms with Crippen LogP contribution in [0.2, 0.25) is 0 Å². The molecule has 0 bridgehead atoms. The third kappa shape index (κ3) is 9.31. The molecule has 0 aliphatic carbocycles. The summed E-state index contributed by atoms with van der Waals surface area (Å²) in [5.74, 6) is -1.84. The monoisotopic (exact) mass is 412 g/mol. The first-order valence-electron chi connectivity index (χ1n) is 9.29. The molecule has 1 unspecified atom stereocenters. The van der Waals surface area contributed by atoms with Crippen molar-refractivity contribution in [2.24, 2.45) is 5.92 Å². The summed E-state index contributed by atoms with van der Waals surface area (Å²) in [5, 5.41) is 0. The molecule has 0 amide bonds. The third-order valence-electron chi connectivity index (χ3n) is 3.71. The highest BCUT2D eigenvalue weighted by Crippen LogP contribution is 2.50. The lowest BCUT2D eigenvalue weighted by molar-refractivity contribution is -0.150. The zero-order valence-corrected chi connectivity index (χ0v) is 17.4. The van der Waals surface area contributed by atoms with E-state index in [9.17, 15) is 14.2 Å². The Bertz CT molecular complexity index is 650. The van der Waals surface area contributed by atoms with Crippen molar-refractivity contribution in [2.45, 2.75) is 33.3 Å². The number of hydrogen-bond acceptors (Lipinski definition) is 7. The molecule has 1 rings (SSSR count). The fourth-order valence-corrected chi connectivity index (χ4v) is 4.40. The summed E-state index contributed by atoms with van der Waals surface area (Å²) in [6.45, 7) is 7.42. The summed E-state index contributed by atoms with van der Waals surface area (Å²) in [6.07, 6.45) is 1.41. The van der Waals surface area contributed by atoms with Crippen LogP contribution in [-0.4, -0.2) is 37.9 Å². The van der Waals surface area contributed by atoms with E-state index < -0.39 is 25.5 Å². The van der Waals surface area contributed by atoms with E-state index in [2.05, 4.69) is 6.58 Å². The maximum atomic E-state index is 12.8. The molecular weight excluding hydrogens is 383 g/mol. The van der Waals surface area contributed by atoms with Crippen LogP contribution in [0.1, 0.15) is 32.3 Å². The molecule has 1 aromatic rings. The van der Waals surface area contributed by atoms with E-state index in [0.717, 1.165) is 5.56 Å². The Kier molecular flexibility index (Phi) is 11.4. The standard InChI is InChI=1S/C20H29O7P/c1-4-14-24-19(21)13-12-18(16-28(23,26-5-2)27-6-3)20(22)25-15-17-10-8-7-9-11-17/h4,7-11,18H,1,5-6,12-16H2,2-3H3. The highest BCUT2D eigenvalue weighted by Gasteiger charge is 2.33. The predicted octanol–water partition coefficient (Wildman–Crippen LogP) is 4.12. The fourth-order valence-electron chi connectivity index (χ4n) is 2.45. The van der Waals surface area contributed by atoms with Gasteiger partial charge in [-0.2, -0.15) is 0 Å². The number of esters is 2. The van der Waals surface area contributed by atoms with Crippen LogP contribution in [0.25, 0.3) is 0 Å². The number of hydrogen-bond donors (Lipinski definition) is 0. The summed E-state index contributed by atoms with van der Waals surface area (Å²) in [6, 6.07) is 9.22. The van der Waals surface area contributed by atoms with Crippen LogP contribution in [0.3, 0.4) is 0 Å². The average Bonchev–Trinajstić information content (AvgIpc) is 2.68. The number of ether oxygens (including phenoxy) is 2. The van der Waals surface area contributed by atoms with Crippen molar-refractivity contribution in [3.8, 4) is 0 Å². The van der Waals surface area contributed by atoms with Gasteiger partial charge in [-0.05, 0) is 25.8 Å². The molecule has 8 heteroatoms. The van der Waals surface area contributed by atoms with Gasteiger partial charge in [0.25, 0.3) is 0 Å². The van der Waals surface area contributed by atoms with E-state index in [0.29, 0.717) is 0 Å². The van der Waals surface area contributed by atoms with Gasteiger partial charge in [0, 0.05) is 6.42 Å². The van der Waals surface area contributed by atoms with Crippen molar-refractivity contribution >= 4 is 19.5 Å². The van der Waals surface area contributed by atoms with Gasteiger partial charge in [0.15, 0.2) is 0 Å². The van der Waals surface area contributed by atoms with Gasteiger partial charge in [0.1, 0.15) is 13.2 Å². The molecular formula is C20H29O7P. The molecule has 0 aromatic heterocycles. The van der Waals surface area contributed by atoms with E-state index in [1.807, 2.05) is 30.3 Å². The topological polar surface area (TPSA) is 88.1 Å². The van der Waals surface area contributed by atoms with Gasteiger partial charge in [0.2, 0.25) is 0 Å². The summed E-state index contributed by atoms with van der Waals surface area (Å²) in [7, 11) is -3.48. The molecule has 7 nitrogen and oxygen atoms in total. The van der Waals surface area contributed by atoms with E-state index in [1.165, 1.54) is 6.08 Å². The second kappa shape index (κ2) is 13.3. The lowest BCUT2D eigenvalue weighted by Crippen LogP contribution is -2.24. The molecule has 0 saturated heterocycles. The van der Waals surface area contributed by atoms with E-state index in [1.54, 1.807) is 13.8 Å². The Morgan fingerprint density at radius 2 is 1.75 bits per heavy atom. The van der Waals surface area contributed by atoms with Gasteiger partial charge in [-0.3, -0.25) is 14.2 Å². The van der Waals surface area contributed by atoms with Crippen molar-refractivity contribution in [3.05, 3.63) is 48.6 Å². The number of rotatable bonds is 14. The Morgan fingerprint density at radius 3 is 2.32 bits per heavy atom. The van der Waals surface area contributed by atoms with Crippen LogP contribution in [0.15, 0.2) is 43.0 Å². The molecule has 28 heavy (non-hydrogen) atoms. The molecule has 0 saturated carbocycles. The van der Waals surface area contributed by atoms with Crippen molar-refractivity contribution in [1.29, 1.82) is 0 Å². The first-order chi connectivity index (χ1) is 13.4. The second-order valence-corrected chi connectivity index (χ2v) is 8.03. The first-order valence-corrected chi connectivity index (χ1v) is 11.0. The number of benzene rings is 1. The number of carbonyl (C=O) groups is 2. The zero-order chi connectivity index (χ0) is 20.8. The maximum Gasteiger partial charge on any atom is 0.331 e. The molecule has 156 valence electrons. The van der Waals surface area contributed by atoms with Gasteiger partial charge < -0.3 is 18.5 Å². The minimum absolute atomic E-state index is 0.0167. The van der Waals surface area contributed by atoms with Crippen LogP contribution >= 0.6 is 7.60 Å². The lowest BCUT2D eigenvalue weighted by Gasteiger charge is -2.22. The summed E-state index contributed by atoms with van der Waals surface area (Å²) in [5.41, 5.74) is 0.831. The van der Waals surface area contributed by atoms with Gasteiger partial charge in [-0.15, -0.1) is 0 Å². The zero-order valence-electron chi connectivity index (χ0n) is 16.5. The fraction of sp³-hybridized carbons (Fsp3) is 0.500. The van der Waals surface area contributed by atoms with Gasteiger partial charge in [-0.25, -0.2) is 0 Å². The predicted molar refractivity (Wildman–Crippen MR) is 106 cm³/mol. The average molecular weight is 412 g/mol. The molecule has 0 aliphatic heterocycles. The molecule has 0 aliphatic rings. The smallest absolute Gasteiger partial charge is 0.331 e. The van der Waals surface area contributed by atoms with Gasteiger partial charge in [0.05, 0.1) is 25.3 Å². The van der Waals surface area contributed by atoms with Crippen molar-refractivity contribution in [1.82, 2.24) is 0 Å². The third-order valence-corrected chi connectivity index (χ3v) is 5.90. The van der Waals surface area contributed by atoms with Crippen LogP contribution in [0, 0.1) is 5.92 Å². The Labute approximate surface area is 166 Å². The Balaban J connectivity index is 2.79. The Morgan fingerprint density at radius 1 is 1.11 bits per heavy atom. The van der Waals surface area contributed by atoms with E-state index >= 15 is 0 Å². The molecule has 1 aromatic carbocycles. The molecule has 0 spiro atoms. The lowest BCUT2D eigenvalue weighted by atomic mass is 10.1. The van der Waals surface area contributed by atoms with E-state index in [4.69, 9.17) is 18.5 Å². The molecule has 0 heterocycles.